The van der Waals surface area contributed by atoms with Crippen LogP contribution in [0.4, 0.5) is 0 Å². The summed E-state index contributed by atoms with van der Waals surface area (Å²) in [5, 5.41) is 17.1. The zero-order valence-electron chi connectivity index (χ0n) is 5.94. The number of carboxylic acid groups (broad SMARTS) is 1. The fourth-order valence-electron chi connectivity index (χ4n) is 0.721. The Balaban J connectivity index is 3.01. The van der Waals surface area contributed by atoms with Crippen molar-refractivity contribution >= 4 is 5.97 Å². The standard InChI is InChI=1S/C6H6N2O4/c9-4-2-5(10)8-3(7-4)1-6(11)12/h2H,1H2,(H,11,12)(H2,7,8,9,10). The molecule has 0 saturated heterocycles. The molecule has 1 rings (SSSR count). The zero-order chi connectivity index (χ0) is 9.14. The number of H-pyrrole nitrogens is 1. The van der Waals surface area contributed by atoms with E-state index in [2.05, 4.69) is 9.97 Å². The molecule has 0 aliphatic rings. The first-order chi connectivity index (χ1) is 5.58. The molecule has 0 fully saturated rings. The molecule has 6 heteroatoms. The molecule has 0 amide bonds. The highest BCUT2D eigenvalue weighted by atomic mass is 16.4. The maximum Gasteiger partial charge on any atom is 0.311 e. The van der Waals surface area contributed by atoms with Crippen LogP contribution in [0.5, 0.6) is 5.88 Å². The summed E-state index contributed by atoms with van der Waals surface area (Å²) in [6, 6.07) is 0.866. The third-order valence-electron chi connectivity index (χ3n) is 1.10. The van der Waals surface area contributed by atoms with Gasteiger partial charge < -0.3 is 15.2 Å². The van der Waals surface area contributed by atoms with Crippen LogP contribution in [0.2, 0.25) is 0 Å². The molecule has 1 heterocycles. The van der Waals surface area contributed by atoms with Crippen molar-refractivity contribution in [3.05, 3.63) is 22.2 Å². The van der Waals surface area contributed by atoms with Gasteiger partial charge in [0.15, 0.2) is 0 Å². The lowest BCUT2D eigenvalue weighted by Gasteiger charge is -1.95. The van der Waals surface area contributed by atoms with Crippen molar-refractivity contribution in [1.29, 1.82) is 0 Å². The van der Waals surface area contributed by atoms with Crippen LogP contribution in [0.25, 0.3) is 0 Å². The van der Waals surface area contributed by atoms with E-state index in [9.17, 15) is 9.59 Å². The molecule has 6 nitrogen and oxygen atoms in total. The van der Waals surface area contributed by atoms with Gasteiger partial charge in [-0.15, -0.1) is 0 Å². The number of aromatic amines is 1. The lowest BCUT2D eigenvalue weighted by atomic mass is 10.4. The highest BCUT2D eigenvalue weighted by Gasteiger charge is 2.04. The van der Waals surface area contributed by atoms with Gasteiger partial charge in [-0.3, -0.25) is 9.59 Å². The van der Waals surface area contributed by atoms with E-state index < -0.39 is 23.8 Å². The van der Waals surface area contributed by atoms with Gasteiger partial charge in [-0.25, -0.2) is 0 Å². The Labute approximate surface area is 66.5 Å². The molecule has 0 atom stereocenters. The predicted octanol–water partition coefficient (Wildman–Crippen LogP) is -0.897. The number of rotatable bonds is 2. The molecule has 1 aromatic rings. The second-order valence-electron chi connectivity index (χ2n) is 2.12. The lowest BCUT2D eigenvalue weighted by Crippen LogP contribution is -2.12. The maximum atomic E-state index is 10.6. The SMILES string of the molecule is O=C(O)Cc1nc(O)cc(=O)[nH]1. The Kier molecular flexibility index (Phi) is 2.09. The third-order valence-corrected chi connectivity index (χ3v) is 1.10. The first-order valence-electron chi connectivity index (χ1n) is 3.09. The summed E-state index contributed by atoms with van der Waals surface area (Å²) in [7, 11) is 0. The fraction of sp³-hybridized carbons (Fsp3) is 0.167. The number of aromatic nitrogens is 2. The summed E-state index contributed by atoms with van der Waals surface area (Å²) in [6.45, 7) is 0. The van der Waals surface area contributed by atoms with Gasteiger partial charge in [0.2, 0.25) is 5.88 Å². The van der Waals surface area contributed by atoms with Crippen molar-refractivity contribution in [1.82, 2.24) is 9.97 Å². The van der Waals surface area contributed by atoms with Gasteiger partial charge in [-0.2, -0.15) is 4.98 Å². The Morgan fingerprint density at radius 2 is 2.33 bits per heavy atom. The molecule has 12 heavy (non-hydrogen) atoms. The molecular weight excluding hydrogens is 164 g/mol. The molecule has 64 valence electrons. The lowest BCUT2D eigenvalue weighted by molar-refractivity contribution is -0.136. The first-order valence-corrected chi connectivity index (χ1v) is 3.09. The minimum Gasteiger partial charge on any atom is -0.493 e. The van der Waals surface area contributed by atoms with Crippen molar-refractivity contribution in [2.45, 2.75) is 6.42 Å². The number of aromatic hydroxyl groups is 1. The van der Waals surface area contributed by atoms with Crippen LogP contribution >= 0.6 is 0 Å². The minimum atomic E-state index is -1.12. The number of hydrogen-bond acceptors (Lipinski definition) is 4. The molecule has 0 radical (unpaired) electrons. The van der Waals surface area contributed by atoms with E-state index in [4.69, 9.17) is 10.2 Å². The second kappa shape index (κ2) is 3.04. The van der Waals surface area contributed by atoms with E-state index in [1.165, 1.54) is 0 Å². The van der Waals surface area contributed by atoms with Gasteiger partial charge in [0.1, 0.15) is 12.2 Å². The van der Waals surface area contributed by atoms with Crippen LogP contribution in [0.1, 0.15) is 5.82 Å². The maximum absolute atomic E-state index is 10.6. The van der Waals surface area contributed by atoms with Gasteiger partial charge >= 0.3 is 5.97 Å². The summed E-state index contributed by atoms with van der Waals surface area (Å²) in [5.74, 6) is -1.66. The molecule has 3 N–H and O–H groups in total. The monoisotopic (exact) mass is 170 g/mol. The summed E-state index contributed by atoms with van der Waals surface area (Å²) in [5.41, 5.74) is -0.571. The number of aliphatic carboxylic acids is 1. The van der Waals surface area contributed by atoms with Crippen LogP contribution in [-0.2, 0) is 11.2 Å². The summed E-state index contributed by atoms with van der Waals surface area (Å²) in [6.07, 6.45) is -0.413. The van der Waals surface area contributed by atoms with Crippen LogP contribution in [0.3, 0.4) is 0 Å². The van der Waals surface area contributed by atoms with Crippen LogP contribution < -0.4 is 5.56 Å². The molecule has 0 spiro atoms. The zero-order valence-corrected chi connectivity index (χ0v) is 5.94. The largest absolute Gasteiger partial charge is 0.493 e. The summed E-state index contributed by atoms with van der Waals surface area (Å²) >= 11 is 0. The number of hydrogen-bond donors (Lipinski definition) is 3. The van der Waals surface area contributed by atoms with Crippen molar-refractivity contribution in [2.24, 2.45) is 0 Å². The Bertz CT molecular complexity index is 357. The van der Waals surface area contributed by atoms with Crippen LogP contribution in [0, 0.1) is 0 Å². The molecule has 0 saturated carbocycles. The normalized spacial score (nSPS) is 9.67. The number of carboxylic acids is 1. The van der Waals surface area contributed by atoms with Gasteiger partial charge in [0, 0.05) is 0 Å². The summed E-state index contributed by atoms with van der Waals surface area (Å²) in [4.78, 5) is 26.4. The second-order valence-corrected chi connectivity index (χ2v) is 2.12. The topological polar surface area (TPSA) is 103 Å². The quantitative estimate of drug-likeness (QED) is 0.533. The first kappa shape index (κ1) is 8.25. The molecule has 0 aliphatic carbocycles. The van der Waals surface area contributed by atoms with Crippen molar-refractivity contribution < 1.29 is 15.0 Å². The summed E-state index contributed by atoms with van der Waals surface area (Å²) < 4.78 is 0. The highest BCUT2D eigenvalue weighted by molar-refractivity contribution is 5.68. The molecular formula is C6H6N2O4. The highest BCUT2D eigenvalue weighted by Crippen LogP contribution is 1.98. The van der Waals surface area contributed by atoms with Crippen molar-refractivity contribution in [3.63, 3.8) is 0 Å². The molecule has 1 aromatic heterocycles. The van der Waals surface area contributed by atoms with E-state index in [0.29, 0.717) is 0 Å². The Morgan fingerprint density at radius 1 is 1.67 bits per heavy atom. The van der Waals surface area contributed by atoms with Crippen molar-refractivity contribution in [2.75, 3.05) is 0 Å². The van der Waals surface area contributed by atoms with Gasteiger partial charge in [0.25, 0.3) is 5.56 Å². The van der Waals surface area contributed by atoms with Gasteiger partial charge in [-0.05, 0) is 0 Å². The van der Waals surface area contributed by atoms with E-state index >= 15 is 0 Å². The van der Waals surface area contributed by atoms with Gasteiger partial charge in [-0.1, -0.05) is 0 Å². The van der Waals surface area contributed by atoms with Gasteiger partial charge in [0.05, 0.1) is 6.07 Å². The fourth-order valence-corrected chi connectivity index (χ4v) is 0.721. The average Bonchev–Trinajstić information content (AvgIpc) is 1.81. The average molecular weight is 170 g/mol. The predicted molar refractivity (Wildman–Crippen MR) is 37.9 cm³/mol. The van der Waals surface area contributed by atoms with E-state index in [0.717, 1.165) is 6.07 Å². The minimum absolute atomic E-state index is 0.0625. The van der Waals surface area contributed by atoms with Crippen molar-refractivity contribution in [3.8, 4) is 5.88 Å². The van der Waals surface area contributed by atoms with Crippen LogP contribution in [0.15, 0.2) is 10.9 Å². The number of nitrogens with zero attached hydrogens (tertiary/aromatic N) is 1. The molecule has 0 bridgehead atoms. The molecule has 0 unspecified atom stereocenters. The Hall–Kier alpha value is -1.85. The molecule has 0 aliphatic heterocycles. The Morgan fingerprint density at radius 3 is 2.83 bits per heavy atom. The smallest absolute Gasteiger partial charge is 0.311 e. The molecule has 0 aromatic carbocycles. The van der Waals surface area contributed by atoms with E-state index in [1.807, 2.05) is 0 Å². The van der Waals surface area contributed by atoms with E-state index in [-0.39, 0.29) is 5.82 Å². The van der Waals surface area contributed by atoms with Crippen LogP contribution in [-0.4, -0.2) is 26.2 Å². The van der Waals surface area contributed by atoms with E-state index in [1.54, 1.807) is 0 Å². The third kappa shape index (κ3) is 2.08. The number of carbonyl (C=O) groups is 1. The number of nitrogens with one attached hydrogen (secondary N) is 1.